The standard InChI is InChI=1S/C24H28BrClN2O2/c1-17(24(30)27-21-7-3-4-8-21)28(16-18-10-13-20(25)14-11-18)23(29)15-12-19-6-2-5-9-22(19)26/h2,5-6,9-11,13-14,17,21H,3-4,7-8,12,15-16H2,1H3,(H,27,30)/t17-/m0/s1. The van der Waals surface area contributed by atoms with E-state index in [0.717, 1.165) is 41.3 Å². The van der Waals surface area contributed by atoms with Gasteiger partial charge in [0.05, 0.1) is 0 Å². The highest BCUT2D eigenvalue weighted by atomic mass is 79.9. The van der Waals surface area contributed by atoms with Gasteiger partial charge in [0.2, 0.25) is 11.8 Å². The molecule has 0 saturated heterocycles. The van der Waals surface area contributed by atoms with E-state index in [1.807, 2.05) is 55.5 Å². The Kier molecular flexibility index (Phi) is 8.34. The molecule has 0 unspecified atom stereocenters. The summed E-state index contributed by atoms with van der Waals surface area (Å²) in [6, 6.07) is 15.1. The second-order valence-corrected chi connectivity index (χ2v) is 9.23. The van der Waals surface area contributed by atoms with Crippen molar-refractivity contribution in [1.82, 2.24) is 10.2 Å². The predicted molar refractivity (Wildman–Crippen MR) is 124 cm³/mol. The number of hydrogen-bond donors (Lipinski definition) is 1. The number of aryl methyl sites for hydroxylation is 1. The second kappa shape index (κ2) is 11.0. The normalized spacial score (nSPS) is 15.0. The Morgan fingerprint density at radius 1 is 1.13 bits per heavy atom. The summed E-state index contributed by atoms with van der Waals surface area (Å²) in [5.74, 6) is -0.128. The SMILES string of the molecule is C[C@@H](C(=O)NC1CCCC1)N(Cc1ccc(Br)cc1)C(=O)CCc1ccccc1Cl. The minimum absolute atomic E-state index is 0.0492. The second-order valence-electron chi connectivity index (χ2n) is 7.91. The number of carbonyl (C=O) groups excluding carboxylic acids is 2. The van der Waals surface area contributed by atoms with Gasteiger partial charge in [0, 0.05) is 28.5 Å². The van der Waals surface area contributed by atoms with Crippen molar-refractivity contribution in [2.75, 3.05) is 0 Å². The van der Waals surface area contributed by atoms with Crippen LogP contribution in [0.2, 0.25) is 5.02 Å². The molecule has 1 N–H and O–H groups in total. The summed E-state index contributed by atoms with van der Waals surface area (Å²) in [4.78, 5) is 27.7. The maximum atomic E-state index is 13.2. The maximum absolute atomic E-state index is 13.2. The Balaban J connectivity index is 1.71. The van der Waals surface area contributed by atoms with Crippen LogP contribution < -0.4 is 5.32 Å². The molecule has 1 aliphatic carbocycles. The zero-order valence-corrected chi connectivity index (χ0v) is 19.6. The van der Waals surface area contributed by atoms with Gasteiger partial charge >= 0.3 is 0 Å². The van der Waals surface area contributed by atoms with Crippen LogP contribution in [0, 0.1) is 0 Å². The summed E-state index contributed by atoms with van der Waals surface area (Å²) in [7, 11) is 0. The highest BCUT2D eigenvalue weighted by Crippen LogP contribution is 2.21. The van der Waals surface area contributed by atoms with Gasteiger partial charge in [-0.3, -0.25) is 9.59 Å². The van der Waals surface area contributed by atoms with Gasteiger partial charge in [-0.2, -0.15) is 0 Å². The molecule has 0 aromatic heterocycles. The molecule has 0 aliphatic heterocycles. The molecule has 3 rings (SSSR count). The highest BCUT2D eigenvalue weighted by Gasteiger charge is 2.28. The lowest BCUT2D eigenvalue weighted by Gasteiger charge is -2.30. The summed E-state index contributed by atoms with van der Waals surface area (Å²) in [5, 5.41) is 3.79. The molecule has 1 saturated carbocycles. The van der Waals surface area contributed by atoms with Crippen LogP contribution in [0.5, 0.6) is 0 Å². The van der Waals surface area contributed by atoms with E-state index in [9.17, 15) is 9.59 Å². The van der Waals surface area contributed by atoms with E-state index in [4.69, 9.17) is 11.6 Å². The lowest BCUT2D eigenvalue weighted by atomic mass is 10.1. The first-order valence-electron chi connectivity index (χ1n) is 10.5. The fourth-order valence-electron chi connectivity index (χ4n) is 3.85. The number of amides is 2. The molecule has 1 aliphatic rings. The van der Waals surface area contributed by atoms with Crippen LogP contribution in [0.15, 0.2) is 53.0 Å². The van der Waals surface area contributed by atoms with E-state index in [1.165, 1.54) is 0 Å². The van der Waals surface area contributed by atoms with Gasteiger partial charge in [-0.05, 0) is 55.5 Å². The molecular formula is C24H28BrClN2O2. The number of nitrogens with one attached hydrogen (secondary N) is 1. The summed E-state index contributed by atoms with van der Waals surface area (Å²) >= 11 is 9.69. The van der Waals surface area contributed by atoms with Crippen molar-refractivity contribution in [3.63, 3.8) is 0 Å². The summed E-state index contributed by atoms with van der Waals surface area (Å²) in [6.07, 6.45) is 5.20. The fraction of sp³-hybridized carbons (Fsp3) is 0.417. The summed E-state index contributed by atoms with van der Waals surface area (Å²) in [5.41, 5.74) is 1.93. The van der Waals surface area contributed by atoms with Crippen LogP contribution in [0.25, 0.3) is 0 Å². The molecule has 30 heavy (non-hydrogen) atoms. The zero-order valence-electron chi connectivity index (χ0n) is 17.2. The largest absolute Gasteiger partial charge is 0.352 e. The Morgan fingerprint density at radius 2 is 1.80 bits per heavy atom. The molecule has 0 heterocycles. The highest BCUT2D eigenvalue weighted by molar-refractivity contribution is 9.10. The Hall–Kier alpha value is -1.85. The third kappa shape index (κ3) is 6.32. The van der Waals surface area contributed by atoms with E-state index in [1.54, 1.807) is 4.90 Å². The first kappa shape index (κ1) is 22.8. The van der Waals surface area contributed by atoms with Crippen molar-refractivity contribution in [3.05, 3.63) is 69.2 Å². The van der Waals surface area contributed by atoms with Gasteiger partial charge in [0.1, 0.15) is 6.04 Å². The molecule has 0 radical (unpaired) electrons. The van der Waals surface area contributed by atoms with Crippen molar-refractivity contribution in [2.24, 2.45) is 0 Å². The lowest BCUT2D eigenvalue weighted by molar-refractivity contribution is -0.140. The Morgan fingerprint density at radius 3 is 2.47 bits per heavy atom. The van der Waals surface area contributed by atoms with E-state index in [-0.39, 0.29) is 17.9 Å². The van der Waals surface area contributed by atoms with E-state index >= 15 is 0 Å². The molecule has 2 amide bonds. The lowest BCUT2D eigenvalue weighted by Crippen LogP contribution is -2.49. The number of halogens is 2. The third-order valence-corrected chi connectivity index (χ3v) is 6.60. The molecule has 1 fully saturated rings. The maximum Gasteiger partial charge on any atom is 0.242 e. The van der Waals surface area contributed by atoms with Gasteiger partial charge < -0.3 is 10.2 Å². The summed E-state index contributed by atoms with van der Waals surface area (Å²) in [6.45, 7) is 2.21. The van der Waals surface area contributed by atoms with E-state index < -0.39 is 6.04 Å². The van der Waals surface area contributed by atoms with Crippen LogP contribution in [0.4, 0.5) is 0 Å². The monoisotopic (exact) mass is 490 g/mol. The van der Waals surface area contributed by atoms with Crippen LogP contribution in [-0.2, 0) is 22.6 Å². The van der Waals surface area contributed by atoms with Gasteiger partial charge in [-0.15, -0.1) is 0 Å². The van der Waals surface area contributed by atoms with Crippen LogP contribution >= 0.6 is 27.5 Å². The minimum atomic E-state index is -0.534. The van der Waals surface area contributed by atoms with Crippen LogP contribution in [-0.4, -0.2) is 28.8 Å². The molecule has 4 nitrogen and oxygen atoms in total. The van der Waals surface area contributed by atoms with E-state index in [2.05, 4.69) is 21.2 Å². The third-order valence-electron chi connectivity index (χ3n) is 5.70. The Bertz CT molecular complexity index is 866. The molecule has 2 aromatic rings. The smallest absolute Gasteiger partial charge is 0.242 e. The number of hydrogen-bond acceptors (Lipinski definition) is 2. The van der Waals surface area contributed by atoms with Gasteiger partial charge in [-0.1, -0.05) is 70.7 Å². The van der Waals surface area contributed by atoms with Crippen molar-refractivity contribution in [2.45, 2.75) is 64.1 Å². The molecule has 6 heteroatoms. The van der Waals surface area contributed by atoms with Crippen LogP contribution in [0.1, 0.15) is 50.2 Å². The van der Waals surface area contributed by atoms with Gasteiger partial charge in [0.25, 0.3) is 0 Å². The van der Waals surface area contributed by atoms with E-state index in [0.29, 0.717) is 24.4 Å². The zero-order chi connectivity index (χ0) is 21.5. The quantitative estimate of drug-likeness (QED) is 0.529. The van der Waals surface area contributed by atoms with Crippen LogP contribution in [0.3, 0.4) is 0 Å². The number of carbonyl (C=O) groups is 2. The molecule has 2 aromatic carbocycles. The molecular weight excluding hydrogens is 464 g/mol. The molecule has 160 valence electrons. The summed E-state index contributed by atoms with van der Waals surface area (Å²) < 4.78 is 0.981. The average molecular weight is 492 g/mol. The molecule has 0 spiro atoms. The fourth-order valence-corrected chi connectivity index (χ4v) is 4.34. The number of rotatable bonds is 8. The molecule has 0 bridgehead atoms. The molecule has 1 atom stereocenters. The van der Waals surface area contributed by atoms with Crippen molar-refractivity contribution < 1.29 is 9.59 Å². The van der Waals surface area contributed by atoms with Gasteiger partial charge in [-0.25, -0.2) is 0 Å². The van der Waals surface area contributed by atoms with Crippen molar-refractivity contribution >= 4 is 39.3 Å². The Labute approximate surface area is 192 Å². The van der Waals surface area contributed by atoms with Gasteiger partial charge in [0.15, 0.2) is 0 Å². The topological polar surface area (TPSA) is 49.4 Å². The number of benzene rings is 2. The average Bonchev–Trinajstić information content (AvgIpc) is 3.25. The first-order chi connectivity index (χ1) is 14.4. The van der Waals surface area contributed by atoms with Crippen molar-refractivity contribution in [1.29, 1.82) is 0 Å². The minimum Gasteiger partial charge on any atom is -0.352 e. The predicted octanol–water partition coefficient (Wildman–Crippen LogP) is 5.51. The number of nitrogens with zero attached hydrogens (tertiary/aromatic N) is 1. The first-order valence-corrected chi connectivity index (χ1v) is 11.7. The van der Waals surface area contributed by atoms with Crippen molar-refractivity contribution in [3.8, 4) is 0 Å².